The maximum Gasteiger partial charge on any atom is 0.0541 e. The molecule has 1 atom stereocenters. The molecule has 0 N–H and O–H groups in total. The summed E-state index contributed by atoms with van der Waals surface area (Å²) in [6.45, 7) is 6.33. The van der Waals surface area contributed by atoms with E-state index in [-0.39, 0.29) is 5.41 Å². The highest BCUT2D eigenvalue weighted by atomic mass is 15.1. The van der Waals surface area contributed by atoms with Gasteiger partial charge in [0.15, 0.2) is 0 Å². The number of fused-ring (bicyclic) bond motifs is 9. The van der Waals surface area contributed by atoms with Crippen LogP contribution in [-0.2, 0) is 5.41 Å². The lowest BCUT2D eigenvalue weighted by Crippen LogP contribution is -2.16. The molecule has 0 aliphatic heterocycles. The molecule has 67 heavy (non-hydrogen) atoms. The summed E-state index contributed by atoms with van der Waals surface area (Å²) in [6, 6.07) is 84.6. The van der Waals surface area contributed by atoms with Crippen LogP contribution in [-0.4, -0.2) is 4.57 Å². The van der Waals surface area contributed by atoms with Gasteiger partial charge in [-0.15, -0.1) is 5.73 Å². The number of allylic oxidation sites excluding steroid dienone is 1. The van der Waals surface area contributed by atoms with Crippen molar-refractivity contribution < 1.29 is 0 Å². The number of aromatic nitrogens is 1. The molecule has 0 unspecified atom stereocenters. The van der Waals surface area contributed by atoms with Gasteiger partial charge in [0.25, 0.3) is 0 Å². The van der Waals surface area contributed by atoms with E-state index in [0.717, 1.165) is 22.7 Å². The molecule has 314 valence electrons. The van der Waals surface area contributed by atoms with Crippen molar-refractivity contribution in [2.24, 2.45) is 0 Å². The van der Waals surface area contributed by atoms with Crippen molar-refractivity contribution in [2.45, 2.75) is 12.3 Å². The first-order valence-corrected chi connectivity index (χ1v) is 23.1. The average Bonchev–Trinajstić information content (AvgIpc) is 3.85. The Balaban J connectivity index is 0.990. The number of nitrogens with zero attached hydrogens (tertiary/aromatic N) is 2. The van der Waals surface area contributed by atoms with Crippen molar-refractivity contribution in [1.29, 1.82) is 0 Å². The van der Waals surface area contributed by atoms with Gasteiger partial charge in [-0.2, -0.15) is 0 Å². The molecule has 12 aromatic rings. The molecule has 0 saturated carbocycles. The van der Waals surface area contributed by atoms with Crippen LogP contribution in [0.5, 0.6) is 0 Å². The molecule has 0 radical (unpaired) electrons. The molecule has 2 heteroatoms. The van der Waals surface area contributed by atoms with Gasteiger partial charge >= 0.3 is 0 Å². The van der Waals surface area contributed by atoms with Crippen LogP contribution in [0.4, 0.5) is 17.1 Å². The second-order valence-corrected chi connectivity index (χ2v) is 17.9. The molecule has 0 spiro atoms. The third-order valence-corrected chi connectivity index (χ3v) is 14.3. The number of benzene rings is 11. The van der Waals surface area contributed by atoms with Crippen LogP contribution in [0, 0.1) is 0 Å². The highest BCUT2D eigenvalue weighted by Crippen LogP contribution is 2.53. The van der Waals surface area contributed by atoms with Gasteiger partial charge in [0.05, 0.1) is 16.7 Å². The maximum atomic E-state index is 4.03. The highest BCUT2D eigenvalue weighted by Gasteiger charge is 2.37. The van der Waals surface area contributed by atoms with Crippen LogP contribution >= 0.6 is 0 Å². The molecule has 0 bridgehead atoms. The van der Waals surface area contributed by atoms with Gasteiger partial charge in [-0.1, -0.05) is 176 Å². The Hall–Kier alpha value is -8.68. The van der Waals surface area contributed by atoms with E-state index in [0.29, 0.717) is 0 Å². The summed E-state index contributed by atoms with van der Waals surface area (Å²) in [5.74, 6) is 0. The zero-order chi connectivity index (χ0) is 44.6. The fraction of sp³-hybridized carbons (Fsp3) is 0.0308. The Bertz CT molecular complexity index is 3890. The average molecular weight is 853 g/mol. The van der Waals surface area contributed by atoms with E-state index in [4.69, 9.17) is 0 Å². The highest BCUT2D eigenvalue weighted by molar-refractivity contribution is 6.24. The lowest BCUT2D eigenvalue weighted by Gasteiger charge is -2.28. The minimum absolute atomic E-state index is 0.335. The van der Waals surface area contributed by atoms with Gasteiger partial charge in [0.2, 0.25) is 0 Å². The molecular formula is C65H44N2. The molecule has 11 aromatic carbocycles. The van der Waals surface area contributed by atoms with Crippen LogP contribution in [0.25, 0.3) is 93.2 Å². The third kappa shape index (κ3) is 5.84. The largest absolute Gasteiger partial charge is 0.310 e. The first-order valence-electron chi connectivity index (χ1n) is 23.1. The van der Waals surface area contributed by atoms with Gasteiger partial charge in [-0.25, -0.2) is 0 Å². The predicted molar refractivity (Wildman–Crippen MR) is 284 cm³/mol. The zero-order valence-corrected chi connectivity index (χ0v) is 37.1. The second kappa shape index (κ2) is 15.2. The lowest BCUT2D eigenvalue weighted by atomic mass is 9.78. The van der Waals surface area contributed by atoms with Crippen molar-refractivity contribution in [1.82, 2.24) is 4.57 Å². The molecule has 0 amide bonds. The van der Waals surface area contributed by atoms with Gasteiger partial charge in [-0.3, -0.25) is 0 Å². The van der Waals surface area contributed by atoms with Gasteiger partial charge < -0.3 is 9.47 Å². The topological polar surface area (TPSA) is 8.17 Å². The Morgan fingerprint density at radius 3 is 1.55 bits per heavy atom. The smallest absolute Gasteiger partial charge is 0.0541 e. The predicted octanol–water partition coefficient (Wildman–Crippen LogP) is 17.7. The van der Waals surface area contributed by atoms with Crippen molar-refractivity contribution in [3.63, 3.8) is 0 Å². The van der Waals surface area contributed by atoms with Gasteiger partial charge in [0, 0.05) is 38.6 Å². The summed E-state index contributed by atoms with van der Waals surface area (Å²) in [7, 11) is 0. The molecule has 13 rings (SSSR count). The molecule has 1 aliphatic rings. The monoisotopic (exact) mass is 852 g/mol. The minimum Gasteiger partial charge on any atom is -0.310 e. The summed E-state index contributed by atoms with van der Waals surface area (Å²) in [5, 5.41) is 9.82. The SMILES string of the molecule is C=C=C[C@]1(C)c2ccccc2-c2ccc(-c3c4ccccc4c(-c4ccc(N(c5ccccc5)c5ccc(-n6c7ccccc7c7ccccc76)cc5)c5ccccc45)c4ccccc34)cc21. The van der Waals surface area contributed by atoms with E-state index in [1.165, 1.54) is 98.6 Å². The molecular weight excluding hydrogens is 809 g/mol. The number of hydrogen-bond acceptors (Lipinski definition) is 1. The molecule has 1 aromatic heterocycles. The quantitative estimate of drug-likeness (QED) is 0.115. The van der Waals surface area contributed by atoms with Crippen molar-refractivity contribution in [3.8, 4) is 39.1 Å². The van der Waals surface area contributed by atoms with E-state index in [1.54, 1.807) is 0 Å². The Morgan fingerprint density at radius 1 is 0.418 bits per heavy atom. The Kier molecular flexibility index (Phi) is 8.80. The van der Waals surface area contributed by atoms with Gasteiger partial charge in [0.1, 0.15) is 0 Å². The number of hydrogen-bond donors (Lipinski definition) is 0. The van der Waals surface area contributed by atoms with E-state index in [2.05, 4.69) is 265 Å². The maximum absolute atomic E-state index is 4.03. The van der Waals surface area contributed by atoms with Crippen LogP contribution in [0.2, 0.25) is 0 Å². The Labute approximate surface area is 390 Å². The van der Waals surface area contributed by atoms with Crippen molar-refractivity contribution in [3.05, 3.63) is 260 Å². The lowest BCUT2D eigenvalue weighted by molar-refractivity contribution is 0.749. The molecule has 1 aliphatic carbocycles. The molecule has 1 heterocycles. The normalized spacial score (nSPS) is 14.1. The summed E-state index contributed by atoms with van der Waals surface area (Å²) in [5.41, 5.74) is 19.7. The third-order valence-electron chi connectivity index (χ3n) is 14.3. The van der Waals surface area contributed by atoms with Crippen LogP contribution in [0.3, 0.4) is 0 Å². The number of anilines is 3. The van der Waals surface area contributed by atoms with E-state index in [1.807, 2.05) is 0 Å². The molecule has 2 nitrogen and oxygen atoms in total. The van der Waals surface area contributed by atoms with Crippen LogP contribution < -0.4 is 4.90 Å². The first-order chi connectivity index (χ1) is 33.1. The van der Waals surface area contributed by atoms with E-state index >= 15 is 0 Å². The number of rotatable bonds is 7. The van der Waals surface area contributed by atoms with E-state index < -0.39 is 0 Å². The summed E-state index contributed by atoms with van der Waals surface area (Å²) in [4.78, 5) is 2.41. The van der Waals surface area contributed by atoms with Crippen LogP contribution in [0.15, 0.2) is 249 Å². The second-order valence-electron chi connectivity index (χ2n) is 17.9. The van der Waals surface area contributed by atoms with E-state index in [9.17, 15) is 0 Å². The van der Waals surface area contributed by atoms with Crippen LogP contribution in [0.1, 0.15) is 18.1 Å². The van der Waals surface area contributed by atoms with Crippen molar-refractivity contribution in [2.75, 3.05) is 4.90 Å². The minimum atomic E-state index is -0.335. The number of para-hydroxylation sites is 3. The summed E-state index contributed by atoms with van der Waals surface area (Å²) in [6.07, 6.45) is 2.14. The zero-order valence-electron chi connectivity index (χ0n) is 37.1. The standard InChI is InChI=1S/C65H44N2/c1-3-41-65(2)58-30-16-13-22-48(58)49-38-33-43(42-59(49)65)63-53-26-9-11-28-55(53)64(56-29-12-10-27-54(56)63)57-39-40-62(50-23-8-7-21-47(50)57)66(44-19-5-4-6-20-44)45-34-36-46(37-35-45)67-60-31-17-14-24-51(60)52-25-15-18-32-61(52)67/h4-42H,1H2,2H3/t65-/m1/s1. The fourth-order valence-corrected chi connectivity index (χ4v) is 11.4. The summed E-state index contributed by atoms with van der Waals surface area (Å²) < 4.78 is 2.38. The molecule has 0 saturated heterocycles. The summed E-state index contributed by atoms with van der Waals surface area (Å²) >= 11 is 0. The molecule has 0 fully saturated rings. The van der Waals surface area contributed by atoms with Crippen molar-refractivity contribution >= 4 is 71.2 Å². The van der Waals surface area contributed by atoms with Gasteiger partial charge in [-0.05, 0) is 145 Å². The fourth-order valence-electron chi connectivity index (χ4n) is 11.4. The first kappa shape index (κ1) is 38.8. The Morgan fingerprint density at radius 2 is 0.910 bits per heavy atom.